The Morgan fingerprint density at radius 3 is 1.02 bits per heavy atom. The Labute approximate surface area is 722 Å². The molecule has 4 aliphatic carbocycles. The number of nitriles is 2. The van der Waals surface area contributed by atoms with Crippen LogP contribution in [0.4, 0.5) is 147 Å². The van der Waals surface area contributed by atoms with E-state index in [9.17, 15) is 161 Å². The quantitative estimate of drug-likeness (QED) is 0.00441. The Bertz CT molecular complexity index is 3300. The molecule has 0 radical (unpaired) electrons. The maximum Gasteiger partial charge on any atom is 0.492 e. The monoisotopic (exact) mass is 1980 g/mol. The van der Waals surface area contributed by atoms with Crippen LogP contribution in [0.5, 0.6) is 0 Å². The predicted octanol–water partition coefficient (Wildman–Crippen LogP) is 18.3. The Kier molecular flexibility index (Phi) is 59.9. The van der Waals surface area contributed by atoms with Crippen molar-refractivity contribution in [2.45, 2.75) is 234 Å². The Hall–Kier alpha value is -7.96. The maximum absolute atomic E-state index is 12.1. The van der Waals surface area contributed by atoms with Gasteiger partial charge in [-0.1, -0.05) is 83.1 Å². The van der Waals surface area contributed by atoms with E-state index in [0.717, 1.165) is 51.4 Å². The van der Waals surface area contributed by atoms with Gasteiger partial charge in [-0.15, -0.1) is 41.2 Å². The smallest absolute Gasteiger partial charge is 0.447 e. The molecule has 0 aromatic rings. The van der Waals surface area contributed by atoms with Gasteiger partial charge in [-0.05, 0) is 134 Å². The number of nitrogens with zero attached hydrogens (tertiary/aromatic N) is 4. The zero-order valence-electron chi connectivity index (χ0n) is 71.1. The number of carbonyl (C=O) groups is 4. The van der Waals surface area contributed by atoms with Crippen molar-refractivity contribution in [3.05, 3.63) is 0 Å². The summed E-state index contributed by atoms with van der Waals surface area (Å²) in [7, 11) is 0. The molecule has 0 aromatic carbocycles. The first-order valence-electron chi connectivity index (χ1n) is 36.6. The van der Waals surface area contributed by atoms with Crippen molar-refractivity contribution >= 4 is 36.4 Å². The number of amides is 3. The van der Waals surface area contributed by atoms with E-state index >= 15 is 0 Å². The van der Waals surface area contributed by atoms with Crippen molar-refractivity contribution in [3.8, 4) is 12.5 Å². The first kappa shape index (κ1) is 131. The lowest BCUT2D eigenvalue weighted by molar-refractivity contribution is -0.548. The number of rotatable bonds is 38. The van der Waals surface area contributed by atoms with Crippen molar-refractivity contribution in [1.82, 2.24) is 16.0 Å². The van der Waals surface area contributed by atoms with Gasteiger partial charge in [0.05, 0.1) is 25.1 Å². The van der Waals surface area contributed by atoms with Crippen LogP contribution in [0.3, 0.4) is 0 Å². The average molecular weight is 1980 g/mol. The van der Waals surface area contributed by atoms with Gasteiger partial charge in [0.1, 0.15) is 45.4 Å². The van der Waals surface area contributed by atoms with Crippen molar-refractivity contribution < 1.29 is 248 Å². The summed E-state index contributed by atoms with van der Waals surface area (Å²) in [4.78, 5) is 87.4. The summed E-state index contributed by atoms with van der Waals surface area (Å²) >= 11 is 0. The van der Waals surface area contributed by atoms with Gasteiger partial charge < -0.3 is 49.8 Å². The van der Waals surface area contributed by atoms with Gasteiger partial charge in [-0.25, -0.2) is 92.5 Å². The van der Waals surface area contributed by atoms with Crippen LogP contribution < -0.4 is 16.0 Å². The number of hydrogen-bond acceptors (Lipinski definition) is 28. The molecule has 3 amide bonds. The van der Waals surface area contributed by atoms with E-state index in [1.165, 1.54) is 14.8 Å². The number of halogens is 30. The summed E-state index contributed by atoms with van der Waals surface area (Å²) < 4.78 is 385. The minimum atomic E-state index is -6.04. The van der Waals surface area contributed by atoms with Crippen molar-refractivity contribution in [3.63, 3.8) is 0 Å². The molecule has 5 N–H and O–H groups in total. The highest BCUT2D eigenvalue weighted by molar-refractivity contribution is 5.72. The lowest BCUT2D eigenvalue weighted by Crippen LogP contribution is -2.48. The molecule has 0 saturated heterocycles. The molecule has 0 aliphatic heterocycles. The highest BCUT2D eigenvalue weighted by Gasteiger charge is 2.68. The maximum atomic E-state index is 12.1. The van der Waals surface area contributed by atoms with E-state index in [4.69, 9.17) is 30.2 Å². The molecule has 4 rings (SSSR count). The number of hydrogen-bond donors (Lipinski definition) is 5. The minimum absolute atomic E-state index is 0.0314. The van der Waals surface area contributed by atoms with Gasteiger partial charge in [0.25, 0.3) is 12.5 Å². The van der Waals surface area contributed by atoms with Crippen LogP contribution in [0.25, 0.3) is 0 Å². The molecule has 8 unspecified atom stereocenters. The van der Waals surface area contributed by atoms with Crippen LogP contribution in [0.1, 0.15) is 160 Å². The van der Waals surface area contributed by atoms with Crippen molar-refractivity contribution in [1.29, 1.82) is 10.5 Å². The molecule has 4 saturated carbocycles. The summed E-state index contributed by atoms with van der Waals surface area (Å²) in [5, 5.41) is 39.4. The molecule has 130 heavy (non-hydrogen) atoms. The number of aliphatic hydroxyl groups excluding tert-OH is 2. The van der Waals surface area contributed by atoms with Crippen LogP contribution in [0, 0.1) is 72.3 Å². The molecule has 0 aromatic heterocycles. The molecule has 4 aliphatic rings. The van der Waals surface area contributed by atoms with E-state index in [-0.39, 0.29) is 87.9 Å². The van der Waals surface area contributed by atoms with Crippen molar-refractivity contribution in [2.24, 2.45) is 59.2 Å². The molecule has 4 fully saturated rings. The zero-order valence-corrected chi connectivity index (χ0v) is 71.1. The van der Waals surface area contributed by atoms with Crippen LogP contribution in [0.2, 0.25) is 0 Å². The summed E-state index contributed by atoms with van der Waals surface area (Å²) in [6.07, 6.45) is -38.4. The molecular formula is C69H101F30N7O24. The van der Waals surface area contributed by atoms with E-state index in [1.54, 1.807) is 24.7 Å². The van der Waals surface area contributed by atoms with Gasteiger partial charge in [-0.3, -0.25) is 19.1 Å². The van der Waals surface area contributed by atoms with Crippen LogP contribution in [0.15, 0.2) is 9.98 Å². The molecule has 0 spiro atoms. The summed E-state index contributed by atoms with van der Waals surface area (Å²) in [6, 6.07) is -0.0785. The fourth-order valence-corrected chi connectivity index (χ4v) is 14.2. The Morgan fingerprint density at radius 1 is 0.408 bits per heavy atom. The standard InChI is InChI=1S/C15H25F2NO5.C14H23FN2O3.C13H21FN2O3.C12H18N2O2.3C4H2F8O3.C2H5FO.CH3FO/c1-14(2)6-11(12(19)23-22-5-4-16)7-15(3,8-14)9-18-13(20)21-10-17;1-13(2)6-11(20-10-16)7-14(3,8-13)9-17-12(18)19-5-4-15;1-12(2)4-10(16-9-17)5-13(3,6-12)7-15-11(18)19-8-14;1-11(2)4-10(16-8-13)5-12(3,6-11)7-14-9-15;3*5-1-13-4(10,11)14-2(6,7)3(8,9)15-12;3-1-2-4;2-1-3/h11H,4-10H2,1-3H3,(H,18,20);11H,4-9H2,1-3H3,(H,17,18);10H,4-8H2,1-3H3,(H,15,18);10H,4-7H2,1-3H3;3*1H2;4H,1-2H2;3H,1H2. The number of nitrogens with one attached hydrogen (secondary N) is 3. The summed E-state index contributed by atoms with van der Waals surface area (Å²) in [6.45, 7) is 13.1. The fraction of sp³-hybridized carbons (Fsp3) is 0.884. The third-order valence-electron chi connectivity index (χ3n) is 17.0. The number of aliphatic hydroxyl groups is 2. The second-order valence-electron chi connectivity index (χ2n) is 32.1. The number of carbonyl (C=O) groups excluding carboxylic acids is 6. The molecule has 766 valence electrons. The number of alkyl halides is 27. The lowest BCUT2D eigenvalue weighted by Gasteiger charge is -2.45. The third-order valence-corrected chi connectivity index (χ3v) is 17.0. The van der Waals surface area contributed by atoms with Gasteiger partial charge >= 0.3 is 79.8 Å². The van der Waals surface area contributed by atoms with Crippen LogP contribution in [-0.4, -0.2) is 228 Å². The second kappa shape index (κ2) is 59.6. The van der Waals surface area contributed by atoms with Gasteiger partial charge in [0, 0.05) is 19.6 Å². The summed E-state index contributed by atoms with van der Waals surface area (Å²) in [5.41, 5.74) is -0.764. The molecule has 0 bridgehead atoms. The molecule has 0 heterocycles. The zero-order chi connectivity index (χ0) is 103. The van der Waals surface area contributed by atoms with E-state index < -0.39 is 147 Å². The molecule has 61 heteroatoms. The van der Waals surface area contributed by atoms with Gasteiger partial charge in [0.2, 0.25) is 25.9 Å². The van der Waals surface area contributed by atoms with Gasteiger partial charge in [-0.2, -0.15) is 68.1 Å². The number of aliphatic imine (C=N–C) groups is 2. The van der Waals surface area contributed by atoms with E-state index in [2.05, 4.69) is 134 Å². The van der Waals surface area contributed by atoms with E-state index in [0.29, 0.717) is 45.3 Å². The van der Waals surface area contributed by atoms with Gasteiger partial charge in [0.15, 0.2) is 27.4 Å². The highest BCUT2D eigenvalue weighted by Crippen LogP contribution is 2.52. The first-order chi connectivity index (χ1) is 59.3. The number of alkyl carbamates (subject to hydrolysis) is 3. The Balaban J connectivity index is -0.000000464. The third kappa shape index (κ3) is 56.2. The molecule has 8 atom stereocenters. The van der Waals surface area contributed by atoms with Crippen LogP contribution >= 0.6 is 0 Å². The number of ether oxygens (including phenoxy) is 11. The Morgan fingerprint density at radius 2 is 0.715 bits per heavy atom. The predicted molar refractivity (Wildman–Crippen MR) is 373 cm³/mol. The number of isocyanates is 2. The van der Waals surface area contributed by atoms with Crippen LogP contribution in [-0.2, 0) is 91.1 Å². The second-order valence-corrected chi connectivity index (χ2v) is 32.1. The largest absolute Gasteiger partial charge is 0.492 e. The SMILES string of the molecule is CC1(C)CC(C(=O)OOCCF)CC(C)(CNC(=O)OCF)C1.CC1(C)CC(N=C=O)CC(C)(CNC(=O)OCF)C1.CC1(C)CC(OC#N)CC(C)(CN=C=O)C1.CC1(C)CC(OC#N)CC(C)(CNC(=O)OCCF)C1.FCOC(F)(F)OC(F)(F)C(F)(F)OF.FCOC(F)(F)OC(F)(F)C(F)(F)OF.FCOC(F)(F)OC(F)(F)C(F)(F)OF.OCCF.OCF. The lowest BCUT2D eigenvalue weighted by atomic mass is 9.60. The first-order valence-corrected chi connectivity index (χ1v) is 36.6. The normalized spacial score (nSPS) is 22.6. The summed E-state index contributed by atoms with van der Waals surface area (Å²) in [5.74, 6) is -0.953. The highest BCUT2D eigenvalue weighted by atomic mass is 19.4. The molecule has 31 nitrogen and oxygen atoms in total. The minimum Gasteiger partial charge on any atom is -0.447 e. The van der Waals surface area contributed by atoms with Crippen molar-refractivity contribution in [2.75, 3.05) is 107 Å². The average Bonchev–Trinajstić information content (AvgIpc) is 0.799. The fourth-order valence-electron chi connectivity index (χ4n) is 14.2. The molecular weight excluding hydrogens is 1880 g/mol. The topological polar surface area (TPSA) is 399 Å². The van der Waals surface area contributed by atoms with E-state index in [1.807, 2.05) is 27.7 Å².